The van der Waals surface area contributed by atoms with Crippen molar-refractivity contribution in [3.63, 3.8) is 0 Å². The fourth-order valence-electron chi connectivity index (χ4n) is 2.31. The van der Waals surface area contributed by atoms with E-state index in [0.717, 1.165) is 43.5 Å². The minimum atomic E-state index is 0.747. The van der Waals surface area contributed by atoms with Crippen LogP contribution in [-0.2, 0) is 19.5 Å². The zero-order valence-electron chi connectivity index (χ0n) is 12.0. The first-order chi connectivity index (χ1) is 9.85. The molecule has 2 aromatic heterocycles. The van der Waals surface area contributed by atoms with Crippen molar-refractivity contribution in [3.8, 4) is 0 Å². The quantitative estimate of drug-likeness (QED) is 0.840. The molecule has 0 atom stereocenters. The molecule has 0 saturated heterocycles. The van der Waals surface area contributed by atoms with Gasteiger partial charge in [-0.2, -0.15) is 0 Å². The number of hydrogen-bond acceptors (Lipinski definition) is 3. The minimum Gasteiger partial charge on any atom is -0.329 e. The average Bonchev–Trinajstić information content (AvgIpc) is 3.20. The second-order valence-electron chi connectivity index (χ2n) is 5.53. The van der Waals surface area contributed by atoms with Gasteiger partial charge in [-0.1, -0.05) is 13.0 Å². The Balaban J connectivity index is 1.60. The molecule has 20 heavy (non-hydrogen) atoms. The maximum atomic E-state index is 4.56. The number of aryl methyl sites for hydroxylation is 1. The molecule has 0 radical (unpaired) electrons. The number of imidazole rings is 1. The second kappa shape index (κ2) is 6.18. The van der Waals surface area contributed by atoms with Gasteiger partial charge in [0.05, 0.1) is 12.2 Å². The van der Waals surface area contributed by atoms with Gasteiger partial charge in [-0.15, -0.1) is 0 Å². The van der Waals surface area contributed by atoms with Gasteiger partial charge in [-0.25, -0.2) is 4.98 Å². The SMILES string of the molecule is CCCc1nccn1Cc1ccc(CNC2CC2)cn1. The standard InChI is InChI=1S/C16H22N4/c1-2-3-16-17-8-9-20(16)12-15-5-4-13(11-19-15)10-18-14-6-7-14/h4-5,8-9,11,14,18H,2-3,6-7,10,12H2,1H3. The lowest BCUT2D eigenvalue weighted by Gasteiger charge is -2.08. The van der Waals surface area contributed by atoms with Gasteiger partial charge in [0.1, 0.15) is 5.82 Å². The van der Waals surface area contributed by atoms with E-state index in [4.69, 9.17) is 0 Å². The van der Waals surface area contributed by atoms with Crippen molar-refractivity contribution in [2.75, 3.05) is 0 Å². The lowest BCUT2D eigenvalue weighted by Crippen LogP contribution is -2.15. The molecule has 2 aromatic rings. The van der Waals surface area contributed by atoms with Gasteiger partial charge in [-0.3, -0.25) is 4.98 Å². The fraction of sp³-hybridized carbons (Fsp3) is 0.500. The van der Waals surface area contributed by atoms with Crippen molar-refractivity contribution in [2.24, 2.45) is 0 Å². The Labute approximate surface area is 120 Å². The summed E-state index contributed by atoms with van der Waals surface area (Å²) >= 11 is 0. The second-order valence-corrected chi connectivity index (χ2v) is 5.53. The zero-order chi connectivity index (χ0) is 13.8. The molecule has 0 aromatic carbocycles. The summed E-state index contributed by atoms with van der Waals surface area (Å²) in [6, 6.07) is 5.05. The third-order valence-corrected chi connectivity index (χ3v) is 3.67. The van der Waals surface area contributed by atoms with Crippen molar-refractivity contribution < 1.29 is 0 Å². The molecule has 0 bridgehead atoms. The smallest absolute Gasteiger partial charge is 0.108 e. The zero-order valence-corrected chi connectivity index (χ0v) is 12.0. The number of pyridine rings is 1. The van der Waals surface area contributed by atoms with Gasteiger partial charge in [-0.05, 0) is 30.9 Å². The van der Waals surface area contributed by atoms with E-state index in [9.17, 15) is 0 Å². The van der Waals surface area contributed by atoms with E-state index in [1.807, 2.05) is 18.6 Å². The predicted molar refractivity (Wildman–Crippen MR) is 79.4 cm³/mol. The van der Waals surface area contributed by atoms with E-state index in [1.54, 1.807) is 0 Å². The summed E-state index contributed by atoms with van der Waals surface area (Å²) in [5.41, 5.74) is 2.36. The van der Waals surface area contributed by atoms with E-state index in [2.05, 4.69) is 38.9 Å². The van der Waals surface area contributed by atoms with Crippen LogP contribution in [0, 0.1) is 0 Å². The first-order valence-corrected chi connectivity index (χ1v) is 7.52. The molecule has 3 rings (SSSR count). The highest BCUT2D eigenvalue weighted by atomic mass is 15.1. The maximum absolute atomic E-state index is 4.56. The van der Waals surface area contributed by atoms with Gasteiger partial charge >= 0.3 is 0 Å². The summed E-state index contributed by atoms with van der Waals surface area (Å²) in [4.78, 5) is 8.97. The van der Waals surface area contributed by atoms with Crippen LogP contribution in [0.3, 0.4) is 0 Å². The van der Waals surface area contributed by atoms with Crippen molar-refractivity contribution >= 4 is 0 Å². The van der Waals surface area contributed by atoms with Crippen molar-refractivity contribution in [3.05, 3.63) is 47.8 Å². The highest BCUT2D eigenvalue weighted by Crippen LogP contribution is 2.19. The van der Waals surface area contributed by atoms with Gasteiger partial charge in [0.2, 0.25) is 0 Å². The summed E-state index contributed by atoms with van der Waals surface area (Å²) in [5, 5.41) is 3.51. The van der Waals surface area contributed by atoms with Crippen LogP contribution in [0.4, 0.5) is 0 Å². The lowest BCUT2D eigenvalue weighted by molar-refractivity contribution is 0.677. The largest absolute Gasteiger partial charge is 0.329 e. The van der Waals surface area contributed by atoms with E-state index >= 15 is 0 Å². The molecule has 1 fully saturated rings. The minimum absolute atomic E-state index is 0.747. The molecule has 2 heterocycles. The monoisotopic (exact) mass is 270 g/mol. The van der Waals surface area contributed by atoms with E-state index < -0.39 is 0 Å². The number of hydrogen-bond donors (Lipinski definition) is 1. The third-order valence-electron chi connectivity index (χ3n) is 3.67. The maximum Gasteiger partial charge on any atom is 0.108 e. The van der Waals surface area contributed by atoms with Crippen LogP contribution in [0.1, 0.15) is 43.3 Å². The molecule has 1 saturated carbocycles. The first kappa shape index (κ1) is 13.3. The Morgan fingerprint density at radius 1 is 1.30 bits per heavy atom. The Kier molecular flexibility index (Phi) is 4.11. The van der Waals surface area contributed by atoms with Crippen molar-refractivity contribution in [1.29, 1.82) is 0 Å². The molecule has 4 nitrogen and oxygen atoms in total. The van der Waals surface area contributed by atoms with Crippen molar-refractivity contribution in [2.45, 2.75) is 51.7 Å². The molecule has 1 aliphatic carbocycles. The van der Waals surface area contributed by atoms with Crippen LogP contribution in [-0.4, -0.2) is 20.6 Å². The lowest BCUT2D eigenvalue weighted by atomic mass is 10.2. The topological polar surface area (TPSA) is 42.7 Å². The van der Waals surface area contributed by atoms with Gasteiger partial charge < -0.3 is 9.88 Å². The summed E-state index contributed by atoms with van der Waals surface area (Å²) in [6.45, 7) is 3.93. The Bertz CT molecular complexity index is 540. The normalized spacial score (nSPS) is 14.7. The Hall–Kier alpha value is -1.68. The van der Waals surface area contributed by atoms with Crippen molar-refractivity contribution in [1.82, 2.24) is 19.9 Å². The van der Waals surface area contributed by atoms with Crippen LogP contribution >= 0.6 is 0 Å². The summed E-state index contributed by atoms with van der Waals surface area (Å²) in [7, 11) is 0. The molecule has 0 unspecified atom stereocenters. The Morgan fingerprint density at radius 3 is 2.90 bits per heavy atom. The fourth-order valence-corrected chi connectivity index (χ4v) is 2.31. The molecule has 0 spiro atoms. The van der Waals surface area contributed by atoms with Crippen LogP contribution in [0.5, 0.6) is 0 Å². The molecular formula is C16H22N4. The highest BCUT2D eigenvalue weighted by molar-refractivity contribution is 5.15. The van der Waals surface area contributed by atoms with Crippen LogP contribution in [0.25, 0.3) is 0 Å². The van der Waals surface area contributed by atoms with Crippen LogP contribution in [0.2, 0.25) is 0 Å². The molecule has 0 amide bonds. The van der Waals surface area contributed by atoms with E-state index in [0.29, 0.717) is 0 Å². The Morgan fingerprint density at radius 2 is 2.20 bits per heavy atom. The van der Waals surface area contributed by atoms with Gasteiger partial charge in [0, 0.05) is 37.6 Å². The predicted octanol–water partition coefficient (Wildman–Crippen LogP) is 2.53. The molecule has 4 heteroatoms. The van der Waals surface area contributed by atoms with Gasteiger partial charge in [0.15, 0.2) is 0 Å². The number of aromatic nitrogens is 3. The highest BCUT2D eigenvalue weighted by Gasteiger charge is 2.19. The summed E-state index contributed by atoms with van der Waals surface area (Å²) in [6.07, 6.45) is 10.7. The van der Waals surface area contributed by atoms with Crippen LogP contribution in [0.15, 0.2) is 30.7 Å². The first-order valence-electron chi connectivity index (χ1n) is 7.52. The number of nitrogens with zero attached hydrogens (tertiary/aromatic N) is 3. The van der Waals surface area contributed by atoms with E-state index in [-0.39, 0.29) is 0 Å². The molecular weight excluding hydrogens is 248 g/mol. The molecule has 1 N–H and O–H groups in total. The molecule has 0 aliphatic heterocycles. The molecule has 106 valence electrons. The summed E-state index contributed by atoms with van der Waals surface area (Å²) < 4.78 is 2.19. The van der Waals surface area contributed by atoms with Gasteiger partial charge in [0.25, 0.3) is 0 Å². The third kappa shape index (κ3) is 3.45. The molecule has 1 aliphatic rings. The summed E-state index contributed by atoms with van der Waals surface area (Å²) in [5.74, 6) is 1.15. The number of nitrogens with one attached hydrogen (secondary N) is 1. The van der Waals surface area contributed by atoms with Crippen LogP contribution < -0.4 is 5.32 Å². The number of rotatable bonds is 7. The van der Waals surface area contributed by atoms with E-state index in [1.165, 1.54) is 18.4 Å². The average molecular weight is 270 g/mol.